The van der Waals surface area contributed by atoms with Crippen molar-refractivity contribution >= 4 is 11.9 Å². The van der Waals surface area contributed by atoms with Crippen LogP contribution < -0.4 is 5.32 Å². The van der Waals surface area contributed by atoms with Gasteiger partial charge >= 0.3 is 5.97 Å². The molecule has 0 aliphatic carbocycles. The summed E-state index contributed by atoms with van der Waals surface area (Å²) in [7, 11) is 0. The van der Waals surface area contributed by atoms with Crippen molar-refractivity contribution in [1.29, 1.82) is 0 Å². The minimum absolute atomic E-state index is 0.0230. The summed E-state index contributed by atoms with van der Waals surface area (Å²) in [4.78, 5) is 24.7. The standard InChI is InChI=1S/C79H155NO5/c1-3-5-7-9-11-13-15-17-19-21-22-36-40-43-47-51-55-59-63-67-71-77(82)76(75-81)80-78(83)72-68-64-60-56-52-48-44-41-37-34-32-30-28-26-24-23-25-27-29-31-33-35-38-42-46-50-54-58-62-66-70-74-85-79(84)73-69-65-61-57-53-49-45-39-20-18-16-14-12-10-8-6-4-2/h25,27,76-77,81-82H,3-24,26,28-75H2,1-2H3,(H,80,83)/b27-25-. The SMILES string of the molecule is CCCCCCCCCCCCCCCCCCCCCCC(O)C(CO)NC(=O)CCCCCCCCCCCCCCCCC/C=C\CCCCCCCCCCCCCCOC(=O)CCCCCCCCCCCCCCCCCCC. The zero-order valence-corrected chi connectivity index (χ0v) is 58.1. The fraction of sp³-hybridized carbons (Fsp3) is 0.949. The summed E-state index contributed by atoms with van der Waals surface area (Å²) in [6, 6.07) is -0.540. The van der Waals surface area contributed by atoms with Gasteiger partial charge in [0.2, 0.25) is 5.91 Å². The Morgan fingerprint density at radius 2 is 0.553 bits per heavy atom. The van der Waals surface area contributed by atoms with E-state index in [1.807, 2.05) is 0 Å². The van der Waals surface area contributed by atoms with Crippen LogP contribution in [0.3, 0.4) is 0 Å². The number of ether oxygens (including phenoxy) is 1. The number of rotatable bonds is 75. The van der Waals surface area contributed by atoms with E-state index in [1.165, 1.54) is 385 Å². The van der Waals surface area contributed by atoms with Crippen molar-refractivity contribution in [2.75, 3.05) is 13.2 Å². The highest BCUT2D eigenvalue weighted by Gasteiger charge is 2.20. The Kier molecular flexibility index (Phi) is 73.8. The van der Waals surface area contributed by atoms with Crippen LogP contribution in [-0.2, 0) is 14.3 Å². The number of aliphatic hydroxyl groups is 2. The Morgan fingerprint density at radius 3 is 0.835 bits per heavy atom. The van der Waals surface area contributed by atoms with Crippen LogP contribution in [0.4, 0.5) is 0 Å². The molecule has 0 rings (SSSR count). The lowest BCUT2D eigenvalue weighted by Gasteiger charge is -2.22. The topological polar surface area (TPSA) is 95.9 Å². The molecule has 0 aromatic heterocycles. The Labute approximate surface area is 533 Å². The molecular formula is C79H155NO5. The summed E-state index contributed by atoms with van der Waals surface area (Å²) in [5, 5.41) is 23.4. The Hall–Kier alpha value is -1.40. The van der Waals surface area contributed by atoms with Crippen molar-refractivity contribution in [3.8, 4) is 0 Å². The minimum Gasteiger partial charge on any atom is -0.466 e. The summed E-state index contributed by atoms with van der Waals surface area (Å²) in [5.74, 6) is -0.00451. The molecule has 0 saturated heterocycles. The van der Waals surface area contributed by atoms with E-state index in [2.05, 4.69) is 31.3 Å². The first-order valence-corrected chi connectivity index (χ1v) is 39.4. The van der Waals surface area contributed by atoms with Crippen molar-refractivity contribution in [3.63, 3.8) is 0 Å². The van der Waals surface area contributed by atoms with Crippen LogP contribution in [0.15, 0.2) is 12.2 Å². The second-order valence-electron chi connectivity index (χ2n) is 27.4. The lowest BCUT2D eigenvalue weighted by atomic mass is 10.0. The molecule has 0 radical (unpaired) electrons. The zero-order valence-electron chi connectivity index (χ0n) is 58.1. The van der Waals surface area contributed by atoms with Crippen molar-refractivity contribution < 1.29 is 24.5 Å². The third-order valence-corrected chi connectivity index (χ3v) is 18.8. The summed E-state index contributed by atoms with van der Waals surface area (Å²) >= 11 is 0. The normalized spacial score (nSPS) is 12.5. The molecule has 2 atom stereocenters. The first kappa shape index (κ1) is 83.6. The van der Waals surface area contributed by atoms with Crippen LogP contribution in [0.1, 0.15) is 457 Å². The fourth-order valence-electron chi connectivity index (χ4n) is 12.8. The average Bonchev–Trinajstić information content (AvgIpc) is 3.51. The highest BCUT2D eigenvalue weighted by Crippen LogP contribution is 2.20. The number of unbranched alkanes of at least 4 members (excludes halogenated alkanes) is 62. The summed E-state index contributed by atoms with van der Waals surface area (Å²) < 4.78 is 5.51. The van der Waals surface area contributed by atoms with E-state index in [-0.39, 0.29) is 18.5 Å². The van der Waals surface area contributed by atoms with Gasteiger partial charge in [-0.15, -0.1) is 0 Å². The largest absolute Gasteiger partial charge is 0.466 e. The molecule has 0 bridgehead atoms. The predicted octanol–water partition coefficient (Wildman–Crippen LogP) is 25.9. The lowest BCUT2D eigenvalue weighted by molar-refractivity contribution is -0.143. The van der Waals surface area contributed by atoms with Gasteiger partial charge in [0.15, 0.2) is 0 Å². The van der Waals surface area contributed by atoms with Gasteiger partial charge in [0, 0.05) is 12.8 Å². The van der Waals surface area contributed by atoms with E-state index in [1.54, 1.807) is 0 Å². The molecule has 0 saturated carbocycles. The molecule has 0 fully saturated rings. The number of amides is 1. The van der Waals surface area contributed by atoms with E-state index in [9.17, 15) is 19.8 Å². The molecule has 6 heteroatoms. The van der Waals surface area contributed by atoms with Crippen molar-refractivity contribution in [2.45, 2.75) is 469 Å². The van der Waals surface area contributed by atoms with Crippen LogP contribution in [0, 0.1) is 0 Å². The molecule has 1 amide bonds. The van der Waals surface area contributed by atoms with Gasteiger partial charge in [-0.1, -0.05) is 405 Å². The maximum atomic E-state index is 12.6. The highest BCUT2D eigenvalue weighted by molar-refractivity contribution is 5.76. The molecule has 0 aromatic rings. The van der Waals surface area contributed by atoms with Gasteiger partial charge in [-0.3, -0.25) is 9.59 Å². The van der Waals surface area contributed by atoms with E-state index >= 15 is 0 Å². The van der Waals surface area contributed by atoms with Crippen molar-refractivity contribution in [2.24, 2.45) is 0 Å². The number of nitrogens with one attached hydrogen (secondary N) is 1. The van der Waals surface area contributed by atoms with Gasteiger partial charge in [-0.2, -0.15) is 0 Å². The molecule has 2 unspecified atom stereocenters. The third-order valence-electron chi connectivity index (χ3n) is 18.8. The Bertz CT molecular complexity index is 1290. The number of allylic oxidation sites excluding steroid dienone is 2. The molecule has 0 spiro atoms. The molecule has 0 aliphatic rings. The van der Waals surface area contributed by atoms with Crippen LogP contribution in [0.2, 0.25) is 0 Å². The fourth-order valence-corrected chi connectivity index (χ4v) is 12.8. The van der Waals surface area contributed by atoms with Gasteiger partial charge < -0.3 is 20.3 Å². The van der Waals surface area contributed by atoms with E-state index < -0.39 is 12.1 Å². The van der Waals surface area contributed by atoms with Gasteiger partial charge in [0.05, 0.1) is 25.4 Å². The van der Waals surface area contributed by atoms with Crippen LogP contribution >= 0.6 is 0 Å². The second kappa shape index (κ2) is 75.1. The monoisotopic (exact) mass is 1200 g/mol. The van der Waals surface area contributed by atoms with Crippen LogP contribution in [0.25, 0.3) is 0 Å². The third kappa shape index (κ3) is 71.6. The quantitative estimate of drug-likeness (QED) is 0.0320. The molecule has 85 heavy (non-hydrogen) atoms. The van der Waals surface area contributed by atoms with Crippen LogP contribution in [-0.4, -0.2) is 47.4 Å². The number of hydrogen-bond donors (Lipinski definition) is 3. The lowest BCUT2D eigenvalue weighted by Crippen LogP contribution is -2.45. The number of carbonyl (C=O) groups is 2. The Balaban J connectivity index is 3.34. The number of hydrogen-bond acceptors (Lipinski definition) is 5. The summed E-state index contributed by atoms with van der Waals surface area (Å²) in [6.07, 6.45) is 94.4. The molecule has 3 N–H and O–H groups in total. The Morgan fingerprint density at radius 1 is 0.318 bits per heavy atom. The summed E-state index contributed by atoms with van der Waals surface area (Å²) in [5.41, 5.74) is 0. The van der Waals surface area contributed by atoms with Gasteiger partial charge in [0.25, 0.3) is 0 Å². The molecular weight excluding hydrogens is 1040 g/mol. The maximum Gasteiger partial charge on any atom is 0.305 e. The molecule has 0 aromatic carbocycles. The molecule has 6 nitrogen and oxygen atoms in total. The van der Waals surface area contributed by atoms with Crippen LogP contribution in [0.5, 0.6) is 0 Å². The predicted molar refractivity (Wildman–Crippen MR) is 375 cm³/mol. The van der Waals surface area contributed by atoms with E-state index in [0.717, 1.165) is 38.5 Å². The maximum absolute atomic E-state index is 12.6. The van der Waals surface area contributed by atoms with Gasteiger partial charge in [-0.05, 0) is 51.4 Å². The minimum atomic E-state index is -0.663. The summed E-state index contributed by atoms with van der Waals surface area (Å²) in [6.45, 7) is 5.01. The second-order valence-corrected chi connectivity index (χ2v) is 27.4. The smallest absolute Gasteiger partial charge is 0.305 e. The zero-order chi connectivity index (χ0) is 61.3. The highest BCUT2D eigenvalue weighted by atomic mass is 16.5. The first-order valence-electron chi connectivity index (χ1n) is 39.4. The van der Waals surface area contributed by atoms with Crippen molar-refractivity contribution in [3.05, 3.63) is 12.2 Å². The molecule has 0 aliphatic heterocycles. The number of aliphatic hydroxyl groups excluding tert-OH is 2. The van der Waals surface area contributed by atoms with Crippen molar-refractivity contribution in [1.82, 2.24) is 5.32 Å². The molecule has 506 valence electrons. The van der Waals surface area contributed by atoms with Gasteiger partial charge in [-0.25, -0.2) is 0 Å². The number of carbonyl (C=O) groups excluding carboxylic acids is 2. The van der Waals surface area contributed by atoms with E-state index in [0.29, 0.717) is 25.9 Å². The average molecular weight is 1200 g/mol. The first-order chi connectivity index (χ1) is 42.0. The van der Waals surface area contributed by atoms with E-state index in [4.69, 9.17) is 4.74 Å². The van der Waals surface area contributed by atoms with Gasteiger partial charge in [0.1, 0.15) is 0 Å². The molecule has 0 heterocycles. The number of esters is 1.